The van der Waals surface area contributed by atoms with E-state index in [-0.39, 0.29) is 5.41 Å². The molecule has 3 rings (SSSR count). The zero-order chi connectivity index (χ0) is 21.2. The van der Waals surface area contributed by atoms with Gasteiger partial charge in [0.1, 0.15) is 11.5 Å². The molecule has 0 unspecified atom stereocenters. The lowest BCUT2D eigenvalue weighted by Gasteiger charge is -2.32. The first-order valence-corrected chi connectivity index (χ1v) is 10.4. The molecule has 0 spiro atoms. The minimum Gasteiger partial charge on any atom is -0.493 e. The van der Waals surface area contributed by atoms with E-state index in [4.69, 9.17) is 9.47 Å². The van der Waals surface area contributed by atoms with Crippen molar-refractivity contribution in [1.82, 2.24) is 0 Å². The van der Waals surface area contributed by atoms with E-state index >= 15 is 0 Å². The molecule has 0 aromatic heterocycles. The molecule has 0 aliphatic heterocycles. The lowest BCUT2D eigenvalue weighted by Crippen LogP contribution is -2.25. The van der Waals surface area contributed by atoms with Crippen LogP contribution in [0, 0.1) is 0 Å². The van der Waals surface area contributed by atoms with Crippen LogP contribution in [0.15, 0.2) is 104 Å². The molecular weight excluding hydrogens is 368 g/mol. The Kier molecular flexibility index (Phi) is 7.51. The van der Waals surface area contributed by atoms with Crippen molar-refractivity contribution in [2.75, 3.05) is 13.2 Å². The Morgan fingerprint density at radius 3 is 1.43 bits per heavy atom. The minimum absolute atomic E-state index is 0.291. The SMILES string of the molecule is C=CCCOc1ccc(C(C)(c2ccccc2)c2ccc(OCCC=C)cc2)cc1. The fourth-order valence-electron chi connectivity index (χ4n) is 3.56. The van der Waals surface area contributed by atoms with Crippen molar-refractivity contribution in [3.05, 3.63) is 121 Å². The van der Waals surface area contributed by atoms with Crippen molar-refractivity contribution in [2.45, 2.75) is 25.2 Å². The van der Waals surface area contributed by atoms with Crippen LogP contribution in [0.3, 0.4) is 0 Å². The van der Waals surface area contributed by atoms with Gasteiger partial charge < -0.3 is 9.47 Å². The van der Waals surface area contributed by atoms with E-state index in [1.165, 1.54) is 16.7 Å². The predicted octanol–water partition coefficient (Wildman–Crippen LogP) is 6.95. The summed E-state index contributed by atoms with van der Waals surface area (Å²) in [6.07, 6.45) is 5.41. The maximum absolute atomic E-state index is 5.79. The molecule has 0 aliphatic rings. The van der Waals surface area contributed by atoms with Gasteiger partial charge in [0.2, 0.25) is 0 Å². The summed E-state index contributed by atoms with van der Waals surface area (Å²) in [5.41, 5.74) is 3.38. The second-order valence-electron chi connectivity index (χ2n) is 7.39. The first-order valence-electron chi connectivity index (χ1n) is 10.4. The molecule has 0 N–H and O–H groups in total. The molecule has 0 saturated heterocycles. The number of benzene rings is 3. The summed E-state index contributed by atoms with van der Waals surface area (Å²) in [5.74, 6) is 1.75. The van der Waals surface area contributed by atoms with Crippen molar-refractivity contribution in [2.24, 2.45) is 0 Å². The van der Waals surface area contributed by atoms with Gasteiger partial charge in [0.25, 0.3) is 0 Å². The summed E-state index contributed by atoms with van der Waals surface area (Å²) < 4.78 is 11.6. The Hall–Kier alpha value is -3.26. The molecule has 0 amide bonds. The molecule has 3 aromatic rings. The third-order valence-corrected chi connectivity index (χ3v) is 5.40. The maximum atomic E-state index is 5.79. The average molecular weight is 399 g/mol. The second kappa shape index (κ2) is 10.5. The van der Waals surface area contributed by atoms with E-state index in [0.29, 0.717) is 13.2 Å². The Bertz CT molecular complexity index is 867. The first-order chi connectivity index (χ1) is 14.7. The monoisotopic (exact) mass is 398 g/mol. The van der Waals surface area contributed by atoms with E-state index in [0.717, 1.165) is 24.3 Å². The average Bonchev–Trinajstić information content (AvgIpc) is 2.80. The Labute approximate surface area is 180 Å². The van der Waals surface area contributed by atoms with Crippen molar-refractivity contribution in [3.63, 3.8) is 0 Å². The fourth-order valence-corrected chi connectivity index (χ4v) is 3.56. The number of rotatable bonds is 11. The normalized spacial score (nSPS) is 11.0. The van der Waals surface area contributed by atoms with Crippen molar-refractivity contribution in [1.29, 1.82) is 0 Å². The summed E-state index contributed by atoms with van der Waals surface area (Å²) in [6.45, 7) is 11.0. The van der Waals surface area contributed by atoms with Gasteiger partial charge in [-0.1, -0.05) is 66.7 Å². The van der Waals surface area contributed by atoms with Crippen LogP contribution in [-0.4, -0.2) is 13.2 Å². The largest absolute Gasteiger partial charge is 0.493 e. The molecule has 0 fully saturated rings. The molecule has 3 aromatic carbocycles. The zero-order valence-electron chi connectivity index (χ0n) is 17.7. The van der Waals surface area contributed by atoms with Crippen molar-refractivity contribution >= 4 is 0 Å². The minimum atomic E-state index is -0.291. The Morgan fingerprint density at radius 2 is 1.03 bits per heavy atom. The molecule has 154 valence electrons. The lowest BCUT2D eigenvalue weighted by molar-refractivity contribution is 0.325. The maximum Gasteiger partial charge on any atom is 0.119 e. The molecule has 2 heteroatoms. The highest BCUT2D eigenvalue weighted by Crippen LogP contribution is 2.39. The molecule has 0 aliphatic carbocycles. The molecule has 0 heterocycles. The van der Waals surface area contributed by atoms with Crippen LogP contribution in [0.5, 0.6) is 11.5 Å². The predicted molar refractivity (Wildman–Crippen MR) is 126 cm³/mol. The van der Waals surface area contributed by atoms with Gasteiger partial charge in [0.05, 0.1) is 13.2 Å². The van der Waals surface area contributed by atoms with Gasteiger partial charge in [0.15, 0.2) is 0 Å². The molecule has 0 saturated carbocycles. The van der Waals surface area contributed by atoms with Crippen LogP contribution < -0.4 is 9.47 Å². The molecule has 0 bridgehead atoms. The topological polar surface area (TPSA) is 18.5 Å². The summed E-state index contributed by atoms with van der Waals surface area (Å²) in [6, 6.07) is 27.4. The highest BCUT2D eigenvalue weighted by atomic mass is 16.5. The Balaban J connectivity index is 1.92. The highest BCUT2D eigenvalue weighted by molar-refractivity contribution is 5.51. The quantitative estimate of drug-likeness (QED) is 0.198. The number of hydrogen-bond donors (Lipinski definition) is 0. The second-order valence-corrected chi connectivity index (χ2v) is 7.39. The standard InChI is InChI=1S/C28H30O2/c1-4-6-21-29-26-17-13-24(14-18-26)28(3,23-11-9-8-10-12-23)25-15-19-27(20-16-25)30-22-7-5-2/h4-5,8-20H,1-2,6-7,21-22H2,3H3. The van der Waals surface area contributed by atoms with Crippen LogP contribution >= 0.6 is 0 Å². The van der Waals surface area contributed by atoms with Gasteiger partial charge in [-0.05, 0) is 60.7 Å². The van der Waals surface area contributed by atoms with Gasteiger partial charge in [0, 0.05) is 5.41 Å². The van der Waals surface area contributed by atoms with E-state index in [1.54, 1.807) is 0 Å². The van der Waals surface area contributed by atoms with Gasteiger partial charge >= 0.3 is 0 Å². The fraction of sp³-hybridized carbons (Fsp3) is 0.214. The van der Waals surface area contributed by atoms with Gasteiger partial charge in [-0.15, -0.1) is 13.2 Å². The van der Waals surface area contributed by atoms with Crippen LogP contribution in [0.4, 0.5) is 0 Å². The van der Waals surface area contributed by atoms with Crippen LogP contribution in [0.1, 0.15) is 36.5 Å². The first kappa shape index (κ1) is 21.4. The highest BCUT2D eigenvalue weighted by Gasteiger charge is 2.31. The van der Waals surface area contributed by atoms with Gasteiger partial charge in [-0.2, -0.15) is 0 Å². The molecule has 0 atom stereocenters. The van der Waals surface area contributed by atoms with Crippen molar-refractivity contribution in [3.8, 4) is 11.5 Å². The third kappa shape index (κ3) is 5.01. The molecule has 30 heavy (non-hydrogen) atoms. The molecule has 2 nitrogen and oxygen atoms in total. The summed E-state index contributed by atoms with van der Waals surface area (Å²) in [7, 11) is 0. The Morgan fingerprint density at radius 1 is 0.633 bits per heavy atom. The van der Waals surface area contributed by atoms with E-state index in [1.807, 2.05) is 36.4 Å². The van der Waals surface area contributed by atoms with Gasteiger partial charge in [-0.25, -0.2) is 0 Å². The number of hydrogen-bond acceptors (Lipinski definition) is 2. The molecule has 0 radical (unpaired) electrons. The van der Waals surface area contributed by atoms with Crippen LogP contribution in [0.2, 0.25) is 0 Å². The van der Waals surface area contributed by atoms with Crippen LogP contribution in [-0.2, 0) is 5.41 Å². The van der Waals surface area contributed by atoms with E-state index in [9.17, 15) is 0 Å². The lowest BCUT2D eigenvalue weighted by atomic mass is 9.71. The zero-order valence-corrected chi connectivity index (χ0v) is 17.7. The number of ether oxygens (including phenoxy) is 2. The van der Waals surface area contributed by atoms with Gasteiger partial charge in [-0.3, -0.25) is 0 Å². The summed E-state index contributed by atoms with van der Waals surface area (Å²) in [5, 5.41) is 0. The van der Waals surface area contributed by atoms with E-state index < -0.39 is 0 Å². The summed E-state index contributed by atoms with van der Waals surface area (Å²) >= 11 is 0. The molecular formula is C28H30O2. The summed E-state index contributed by atoms with van der Waals surface area (Å²) in [4.78, 5) is 0. The smallest absolute Gasteiger partial charge is 0.119 e. The van der Waals surface area contributed by atoms with Crippen LogP contribution in [0.25, 0.3) is 0 Å². The third-order valence-electron chi connectivity index (χ3n) is 5.40. The van der Waals surface area contributed by atoms with Crippen molar-refractivity contribution < 1.29 is 9.47 Å². The van der Waals surface area contributed by atoms with E-state index in [2.05, 4.69) is 74.7 Å².